The van der Waals surface area contributed by atoms with Gasteiger partial charge in [-0.1, -0.05) is 30.3 Å². The molecule has 4 rings (SSSR count). The lowest BCUT2D eigenvalue weighted by Crippen LogP contribution is -2.41. The lowest BCUT2D eigenvalue weighted by Gasteiger charge is -2.32. The average Bonchev–Trinajstić information content (AvgIpc) is 3.15. The number of hydrogen-bond acceptors (Lipinski definition) is 8. The molecule has 0 amide bonds. The highest BCUT2D eigenvalue weighted by atomic mass is 32.2. The number of alkyl halides is 3. The van der Waals surface area contributed by atoms with E-state index in [0.717, 1.165) is 17.6 Å². The second-order valence-electron chi connectivity index (χ2n) is 11.3. The van der Waals surface area contributed by atoms with Gasteiger partial charge in [0.1, 0.15) is 17.4 Å². The zero-order valence-electron chi connectivity index (χ0n) is 25.4. The van der Waals surface area contributed by atoms with E-state index < -0.39 is 68.7 Å². The normalized spacial score (nSPS) is 17.8. The number of hydrogen-bond donors (Lipinski definition) is 0. The van der Waals surface area contributed by atoms with E-state index in [1.165, 1.54) is 13.0 Å². The Labute approximate surface area is 259 Å². The van der Waals surface area contributed by atoms with Crippen LogP contribution in [0.3, 0.4) is 0 Å². The minimum Gasteiger partial charge on any atom is -0.463 e. The predicted octanol–water partition coefficient (Wildman–Crippen LogP) is 5.93. The van der Waals surface area contributed by atoms with E-state index in [4.69, 9.17) is 9.31 Å². The van der Waals surface area contributed by atoms with Crippen LogP contribution in [0.1, 0.15) is 76.2 Å². The van der Waals surface area contributed by atoms with Crippen LogP contribution in [-0.4, -0.2) is 50.6 Å². The van der Waals surface area contributed by atoms with Gasteiger partial charge in [-0.3, -0.25) is 4.79 Å². The molecule has 0 spiro atoms. The molecule has 2 aliphatic rings. The molecule has 1 fully saturated rings. The first-order chi connectivity index (χ1) is 20.8. The van der Waals surface area contributed by atoms with E-state index in [9.17, 15) is 40.0 Å². The highest BCUT2D eigenvalue weighted by Crippen LogP contribution is 2.36. The lowest BCUT2D eigenvalue weighted by molar-refractivity contribution is -0.139. The molecular formula is C30H34BF5O8S. The second-order valence-corrected chi connectivity index (χ2v) is 12.9. The Balaban J connectivity index is 0.000000259. The quantitative estimate of drug-likeness (QED) is 0.0857. The molecule has 0 saturated carbocycles. The van der Waals surface area contributed by atoms with Crippen molar-refractivity contribution in [2.24, 2.45) is 0 Å². The topological polar surface area (TPSA) is 105 Å². The van der Waals surface area contributed by atoms with Crippen LogP contribution in [0.5, 0.6) is 0 Å². The fraction of sp³-hybridized carbons (Fsp3) is 0.467. The Morgan fingerprint density at radius 3 is 1.96 bits per heavy atom. The molecule has 1 aliphatic heterocycles. The summed E-state index contributed by atoms with van der Waals surface area (Å²) in [6, 6.07) is 10.5. The van der Waals surface area contributed by atoms with Crippen molar-refractivity contribution in [1.29, 1.82) is 0 Å². The van der Waals surface area contributed by atoms with Crippen LogP contribution in [-0.2, 0) is 39.6 Å². The number of ketones is 1. The fourth-order valence-corrected chi connectivity index (χ4v) is 4.94. The zero-order valence-corrected chi connectivity index (χ0v) is 26.2. The van der Waals surface area contributed by atoms with Crippen LogP contribution in [0.15, 0.2) is 53.8 Å². The molecule has 15 heteroatoms. The maximum atomic E-state index is 13.7. The molecule has 0 unspecified atom stereocenters. The fourth-order valence-electron chi connectivity index (χ4n) is 4.39. The van der Waals surface area contributed by atoms with Crippen molar-refractivity contribution in [2.75, 3.05) is 6.61 Å². The second kappa shape index (κ2) is 14.0. The maximum Gasteiger partial charge on any atom is 0.534 e. The van der Waals surface area contributed by atoms with Gasteiger partial charge in [-0.2, -0.15) is 21.6 Å². The Morgan fingerprint density at radius 1 is 0.911 bits per heavy atom. The van der Waals surface area contributed by atoms with Gasteiger partial charge in [0.05, 0.1) is 28.9 Å². The standard InChI is InChI=1S/C20H21BF2O3.C10H13F3O5S/c1-19(2)20(3,4)26-21(25-19)14-10-8-13(9-11-14)12-17(24)18-15(22)6-5-7-16(18)23;1-2-17-9(14)7-5-3-4-6-8(7)18-19(15,16)10(11,12)13/h5-11H,12H2,1-4H3;2-6H2,1H3. The monoisotopic (exact) mass is 660 g/mol. The highest BCUT2D eigenvalue weighted by Gasteiger charge is 2.52. The lowest BCUT2D eigenvalue weighted by atomic mass is 9.78. The summed E-state index contributed by atoms with van der Waals surface area (Å²) in [6.07, 6.45) is 1.03. The molecule has 45 heavy (non-hydrogen) atoms. The number of carbonyl (C=O) groups excluding carboxylic acids is 2. The molecule has 246 valence electrons. The Bertz CT molecular complexity index is 1500. The van der Waals surface area contributed by atoms with Crippen molar-refractivity contribution in [2.45, 2.75) is 83.4 Å². The smallest absolute Gasteiger partial charge is 0.463 e. The number of esters is 1. The summed E-state index contributed by atoms with van der Waals surface area (Å²) >= 11 is 0. The van der Waals surface area contributed by atoms with Crippen LogP contribution in [0.25, 0.3) is 0 Å². The number of halogens is 5. The van der Waals surface area contributed by atoms with Crippen LogP contribution >= 0.6 is 0 Å². The molecule has 0 atom stereocenters. The van der Waals surface area contributed by atoms with E-state index in [0.29, 0.717) is 18.4 Å². The Morgan fingerprint density at radius 2 is 1.44 bits per heavy atom. The van der Waals surface area contributed by atoms with Gasteiger partial charge >= 0.3 is 28.7 Å². The number of allylic oxidation sites excluding steroid dienone is 1. The molecule has 0 radical (unpaired) electrons. The summed E-state index contributed by atoms with van der Waals surface area (Å²) < 4.78 is 107. The average molecular weight is 660 g/mol. The Hall–Kier alpha value is -3.30. The summed E-state index contributed by atoms with van der Waals surface area (Å²) in [5, 5.41) is 0. The van der Waals surface area contributed by atoms with Crippen molar-refractivity contribution in [3.63, 3.8) is 0 Å². The summed E-state index contributed by atoms with van der Waals surface area (Å²) in [5.74, 6) is -3.59. The van der Waals surface area contributed by atoms with E-state index in [1.807, 2.05) is 39.8 Å². The predicted molar refractivity (Wildman–Crippen MR) is 155 cm³/mol. The molecule has 8 nitrogen and oxygen atoms in total. The first-order valence-corrected chi connectivity index (χ1v) is 15.5. The van der Waals surface area contributed by atoms with Gasteiger partial charge < -0.3 is 18.2 Å². The molecule has 0 aromatic heterocycles. The van der Waals surface area contributed by atoms with Crippen molar-refractivity contribution in [3.05, 3.63) is 76.6 Å². The summed E-state index contributed by atoms with van der Waals surface area (Å²) in [5.41, 5.74) is -5.53. The van der Waals surface area contributed by atoms with Gasteiger partial charge in [-0.25, -0.2) is 13.6 Å². The third-order valence-electron chi connectivity index (χ3n) is 7.54. The minimum absolute atomic E-state index is 0.0382. The largest absolute Gasteiger partial charge is 0.534 e. The molecule has 1 aliphatic carbocycles. The van der Waals surface area contributed by atoms with Gasteiger partial charge in [0.2, 0.25) is 0 Å². The maximum absolute atomic E-state index is 13.7. The molecule has 2 aromatic carbocycles. The molecule has 0 bridgehead atoms. The number of carbonyl (C=O) groups is 2. The third kappa shape index (κ3) is 8.70. The van der Waals surface area contributed by atoms with Gasteiger partial charge in [-0.15, -0.1) is 0 Å². The van der Waals surface area contributed by atoms with Crippen LogP contribution in [0.4, 0.5) is 22.0 Å². The number of Topliss-reactive ketones (excluding diaryl/α,β-unsaturated/α-hetero) is 1. The SMILES string of the molecule is CC1(C)OB(c2ccc(CC(=O)c3c(F)cccc3F)cc2)OC1(C)C.CCOC(=O)C1=C(OS(=O)(=O)C(F)(F)F)CCCC1. The van der Waals surface area contributed by atoms with Crippen LogP contribution in [0, 0.1) is 11.6 Å². The first kappa shape index (κ1) is 36.2. The molecule has 0 N–H and O–H groups in total. The highest BCUT2D eigenvalue weighted by molar-refractivity contribution is 7.87. The molecule has 2 aromatic rings. The number of benzene rings is 2. The summed E-state index contributed by atoms with van der Waals surface area (Å²) in [4.78, 5) is 23.7. The van der Waals surface area contributed by atoms with Crippen molar-refractivity contribution >= 4 is 34.5 Å². The van der Waals surface area contributed by atoms with Crippen LogP contribution < -0.4 is 5.46 Å². The van der Waals surface area contributed by atoms with Gasteiger partial charge in [-0.05, 0) is 77.0 Å². The molecule has 1 saturated heterocycles. The van der Waals surface area contributed by atoms with Crippen molar-refractivity contribution in [3.8, 4) is 0 Å². The van der Waals surface area contributed by atoms with Crippen LogP contribution in [0.2, 0.25) is 0 Å². The summed E-state index contributed by atoms with van der Waals surface area (Å²) in [7, 11) is -6.24. The van der Waals surface area contributed by atoms with Gasteiger partial charge in [0, 0.05) is 12.8 Å². The van der Waals surface area contributed by atoms with E-state index >= 15 is 0 Å². The molecule has 1 heterocycles. The van der Waals surface area contributed by atoms with Gasteiger partial charge in [0.15, 0.2) is 5.78 Å². The van der Waals surface area contributed by atoms with E-state index in [-0.39, 0.29) is 31.4 Å². The Kier molecular flexibility index (Phi) is 11.3. The zero-order chi connectivity index (χ0) is 33.8. The molecular weight excluding hydrogens is 626 g/mol. The number of ether oxygens (including phenoxy) is 1. The van der Waals surface area contributed by atoms with E-state index in [1.54, 1.807) is 12.1 Å². The van der Waals surface area contributed by atoms with E-state index in [2.05, 4.69) is 8.92 Å². The van der Waals surface area contributed by atoms with Gasteiger partial charge in [0.25, 0.3) is 0 Å². The van der Waals surface area contributed by atoms with Crippen molar-refractivity contribution in [1.82, 2.24) is 0 Å². The third-order valence-corrected chi connectivity index (χ3v) is 8.53. The first-order valence-electron chi connectivity index (χ1n) is 14.1. The summed E-state index contributed by atoms with van der Waals surface area (Å²) in [6.45, 7) is 9.48. The van der Waals surface area contributed by atoms with Crippen molar-refractivity contribution < 1.29 is 58.2 Å². The minimum atomic E-state index is -5.74. The number of rotatable bonds is 8.